The lowest BCUT2D eigenvalue weighted by Gasteiger charge is -2.16. The van der Waals surface area contributed by atoms with E-state index < -0.39 is 0 Å². The van der Waals surface area contributed by atoms with E-state index in [1.54, 1.807) is 0 Å². The Morgan fingerprint density at radius 2 is 2.11 bits per heavy atom. The smallest absolute Gasteiger partial charge is 0.203 e. The van der Waals surface area contributed by atoms with E-state index in [9.17, 15) is 0 Å². The van der Waals surface area contributed by atoms with Crippen LogP contribution < -0.4 is 5.32 Å². The highest BCUT2D eigenvalue weighted by Gasteiger charge is 2.08. The average Bonchev–Trinajstić information content (AvgIpc) is 2.59. The minimum Gasteiger partial charge on any atom is -0.353 e. The average molecular weight is 249 g/mol. The Morgan fingerprint density at radius 1 is 1.39 bits per heavy atom. The number of imidazole rings is 1. The number of nitrogens with zero attached hydrogens (tertiary/aromatic N) is 2. The van der Waals surface area contributed by atoms with Crippen LogP contribution in [0.3, 0.4) is 0 Å². The van der Waals surface area contributed by atoms with Crippen LogP contribution in [0.2, 0.25) is 0 Å². The highest BCUT2D eigenvalue weighted by atomic mass is 15.2. The van der Waals surface area contributed by atoms with Gasteiger partial charge in [0.15, 0.2) is 0 Å². The molecule has 0 amide bonds. The van der Waals surface area contributed by atoms with Crippen molar-refractivity contribution >= 4 is 5.95 Å². The molecule has 0 aromatic carbocycles. The summed E-state index contributed by atoms with van der Waals surface area (Å²) >= 11 is 0. The van der Waals surface area contributed by atoms with Crippen LogP contribution >= 0.6 is 0 Å². The molecule has 0 aliphatic heterocycles. The van der Waals surface area contributed by atoms with Gasteiger partial charge in [0.25, 0.3) is 0 Å². The molecular formula is C15H27N3. The van der Waals surface area contributed by atoms with E-state index >= 15 is 0 Å². The summed E-state index contributed by atoms with van der Waals surface area (Å²) in [6, 6.07) is 0.467. The maximum atomic E-state index is 4.52. The zero-order valence-electron chi connectivity index (χ0n) is 12.2. The number of hydrogen-bond acceptors (Lipinski definition) is 2. The molecule has 3 heteroatoms. The van der Waals surface area contributed by atoms with Gasteiger partial charge in [0.1, 0.15) is 0 Å². The standard InChI is InChI=1S/C15H27N3/c1-6-10-18-11-14(5)17-15(18)16-13(4)9-7-8-12(2)3/h6,11-13H,1,7-10H2,2-5H3,(H,16,17). The van der Waals surface area contributed by atoms with E-state index in [4.69, 9.17) is 0 Å². The van der Waals surface area contributed by atoms with Crippen LogP contribution in [0.15, 0.2) is 18.9 Å². The molecule has 1 aromatic heterocycles. The van der Waals surface area contributed by atoms with Crippen molar-refractivity contribution in [3.8, 4) is 0 Å². The van der Waals surface area contributed by atoms with Crippen LogP contribution in [0.25, 0.3) is 0 Å². The largest absolute Gasteiger partial charge is 0.353 e. The summed E-state index contributed by atoms with van der Waals surface area (Å²) in [7, 11) is 0. The molecule has 0 aliphatic rings. The lowest BCUT2D eigenvalue weighted by Crippen LogP contribution is -2.18. The van der Waals surface area contributed by atoms with Gasteiger partial charge in [0, 0.05) is 18.8 Å². The number of nitrogens with one attached hydrogen (secondary N) is 1. The number of aryl methyl sites for hydroxylation is 1. The minimum atomic E-state index is 0.467. The third kappa shape index (κ3) is 4.94. The quantitative estimate of drug-likeness (QED) is 0.706. The van der Waals surface area contributed by atoms with Crippen LogP contribution in [0.4, 0.5) is 5.95 Å². The van der Waals surface area contributed by atoms with Gasteiger partial charge in [-0.25, -0.2) is 4.98 Å². The predicted molar refractivity (Wildman–Crippen MR) is 78.9 cm³/mol. The van der Waals surface area contributed by atoms with Crippen molar-refractivity contribution in [3.05, 3.63) is 24.5 Å². The first-order valence-corrected chi connectivity index (χ1v) is 6.94. The molecule has 0 saturated carbocycles. The molecule has 0 aliphatic carbocycles. The molecule has 1 N–H and O–H groups in total. The monoisotopic (exact) mass is 249 g/mol. The van der Waals surface area contributed by atoms with E-state index in [1.165, 1.54) is 19.3 Å². The summed E-state index contributed by atoms with van der Waals surface area (Å²) in [6.07, 6.45) is 7.72. The molecule has 0 bridgehead atoms. The Bertz CT molecular complexity index is 366. The van der Waals surface area contributed by atoms with Crippen LogP contribution in [0.5, 0.6) is 0 Å². The summed E-state index contributed by atoms with van der Waals surface area (Å²) in [5.41, 5.74) is 1.05. The second kappa shape index (κ2) is 7.24. The number of anilines is 1. The van der Waals surface area contributed by atoms with Gasteiger partial charge in [-0.3, -0.25) is 0 Å². The van der Waals surface area contributed by atoms with Crippen molar-refractivity contribution in [2.45, 2.75) is 59.5 Å². The molecule has 1 atom stereocenters. The van der Waals surface area contributed by atoms with Gasteiger partial charge >= 0.3 is 0 Å². The Hall–Kier alpha value is -1.25. The minimum absolute atomic E-state index is 0.467. The Kier molecular flexibility index (Phi) is 5.96. The van der Waals surface area contributed by atoms with Gasteiger partial charge in [-0.2, -0.15) is 0 Å². The van der Waals surface area contributed by atoms with Crippen molar-refractivity contribution in [2.24, 2.45) is 5.92 Å². The van der Waals surface area contributed by atoms with Gasteiger partial charge in [-0.05, 0) is 26.2 Å². The van der Waals surface area contributed by atoms with E-state index in [-0.39, 0.29) is 0 Å². The van der Waals surface area contributed by atoms with E-state index in [0.29, 0.717) is 6.04 Å². The number of allylic oxidation sites excluding steroid dienone is 1. The molecule has 0 spiro atoms. The SMILES string of the molecule is C=CCn1cc(C)nc1NC(C)CCCC(C)C. The highest BCUT2D eigenvalue weighted by molar-refractivity contribution is 5.30. The van der Waals surface area contributed by atoms with Gasteiger partial charge < -0.3 is 9.88 Å². The molecule has 0 radical (unpaired) electrons. The molecule has 1 unspecified atom stereocenters. The number of aromatic nitrogens is 2. The van der Waals surface area contributed by atoms with Crippen molar-refractivity contribution < 1.29 is 0 Å². The van der Waals surface area contributed by atoms with Gasteiger partial charge in [0.05, 0.1) is 5.69 Å². The Balaban J connectivity index is 2.47. The van der Waals surface area contributed by atoms with Crippen molar-refractivity contribution in [1.82, 2.24) is 9.55 Å². The van der Waals surface area contributed by atoms with E-state index in [0.717, 1.165) is 24.1 Å². The summed E-state index contributed by atoms with van der Waals surface area (Å²) in [5.74, 6) is 1.76. The maximum Gasteiger partial charge on any atom is 0.203 e. The van der Waals surface area contributed by atoms with Crippen molar-refractivity contribution in [1.29, 1.82) is 0 Å². The zero-order chi connectivity index (χ0) is 13.5. The lowest BCUT2D eigenvalue weighted by atomic mass is 10.0. The molecule has 3 nitrogen and oxygen atoms in total. The topological polar surface area (TPSA) is 29.9 Å². The highest BCUT2D eigenvalue weighted by Crippen LogP contribution is 2.14. The van der Waals surface area contributed by atoms with E-state index in [1.807, 2.05) is 13.0 Å². The van der Waals surface area contributed by atoms with Gasteiger partial charge in [-0.15, -0.1) is 6.58 Å². The first-order chi connectivity index (χ1) is 8.52. The van der Waals surface area contributed by atoms with Crippen LogP contribution in [-0.4, -0.2) is 15.6 Å². The van der Waals surface area contributed by atoms with Crippen LogP contribution in [-0.2, 0) is 6.54 Å². The summed E-state index contributed by atoms with van der Waals surface area (Å²) in [5, 5.41) is 3.49. The van der Waals surface area contributed by atoms with E-state index in [2.05, 4.69) is 48.4 Å². The van der Waals surface area contributed by atoms with Crippen LogP contribution in [0, 0.1) is 12.8 Å². The fourth-order valence-electron chi connectivity index (χ4n) is 2.07. The van der Waals surface area contributed by atoms with Crippen molar-refractivity contribution in [2.75, 3.05) is 5.32 Å². The second-order valence-electron chi connectivity index (χ2n) is 5.52. The Labute approximate surface area is 111 Å². The maximum absolute atomic E-state index is 4.52. The summed E-state index contributed by atoms with van der Waals surface area (Å²) < 4.78 is 2.11. The first kappa shape index (κ1) is 14.8. The second-order valence-corrected chi connectivity index (χ2v) is 5.52. The molecule has 102 valence electrons. The summed E-state index contributed by atoms with van der Waals surface area (Å²) in [6.45, 7) is 13.4. The fraction of sp³-hybridized carbons (Fsp3) is 0.667. The zero-order valence-corrected chi connectivity index (χ0v) is 12.2. The van der Waals surface area contributed by atoms with Gasteiger partial charge in [0.2, 0.25) is 5.95 Å². The lowest BCUT2D eigenvalue weighted by molar-refractivity contribution is 0.518. The number of rotatable bonds is 8. The number of hydrogen-bond donors (Lipinski definition) is 1. The first-order valence-electron chi connectivity index (χ1n) is 6.94. The Morgan fingerprint density at radius 3 is 2.72 bits per heavy atom. The fourth-order valence-corrected chi connectivity index (χ4v) is 2.07. The van der Waals surface area contributed by atoms with Crippen LogP contribution in [0.1, 0.15) is 45.7 Å². The molecule has 0 fully saturated rings. The van der Waals surface area contributed by atoms with Crippen molar-refractivity contribution in [3.63, 3.8) is 0 Å². The molecule has 1 aromatic rings. The third-order valence-corrected chi connectivity index (χ3v) is 3.02. The summed E-state index contributed by atoms with van der Waals surface area (Å²) in [4.78, 5) is 4.52. The molecule has 1 rings (SSSR count). The van der Waals surface area contributed by atoms with Gasteiger partial charge in [-0.1, -0.05) is 32.8 Å². The molecular weight excluding hydrogens is 222 g/mol. The normalized spacial score (nSPS) is 12.7. The molecule has 18 heavy (non-hydrogen) atoms. The predicted octanol–water partition coefficient (Wildman–Crippen LogP) is 4.00. The third-order valence-electron chi connectivity index (χ3n) is 3.02. The molecule has 0 saturated heterocycles. The molecule has 1 heterocycles.